The zero-order valence-corrected chi connectivity index (χ0v) is 10.3. The second-order valence-corrected chi connectivity index (χ2v) is 5.20. The second kappa shape index (κ2) is 4.16. The van der Waals surface area contributed by atoms with Gasteiger partial charge in [0, 0.05) is 11.7 Å². The first kappa shape index (κ1) is 11.3. The highest BCUT2D eigenvalue weighted by Crippen LogP contribution is 2.42. The predicted octanol–water partition coefficient (Wildman–Crippen LogP) is 3.45. The molecule has 0 unspecified atom stereocenters. The van der Waals surface area contributed by atoms with Gasteiger partial charge < -0.3 is 10.1 Å². The minimum Gasteiger partial charge on any atom is -0.481 e. The van der Waals surface area contributed by atoms with Crippen molar-refractivity contribution in [2.75, 3.05) is 0 Å². The number of carboxylic acid groups (broad SMARTS) is 1. The molecule has 0 bridgehead atoms. The number of carbonyl (C=O) groups is 1. The zero-order valence-electron chi connectivity index (χ0n) is 10.3. The van der Waals surface area contributed by atoms with Gasteiger partial charge in [0.15, 0.2) is 0 Å². The summed E-state index contributed by atoms with van der Waals surface area (Å²) in [5.74, 6) is -0.677. The van der Waals surface area contributed by atoms with Crippen molar-refractivity contribution in [1.29, 1.82) is 0 Å². The second-order valence-electron chi connectivity index (χ2n) is 5.20. The Bertz CT molecular complexity index is 579. The first-order valence-corrected chi connectivity index (χ1v) is 6.54. The van der Waals surface area contributed by atoms with Crippen LogP contribution in [0.15, 0.2) is 30.5 Å². The molecule has 3 heteroatoms. The molecule has 1 aliphatic carbocycles. The molecule has 94 valence electrons. The average molecular weight is 243 g/mol. The van der Waals surface area contributed by atoms with Gasteiger partial charge in [-0.2, -0.15) is 0 Å². The van der Waals surface area contributed by atoms with Crippen LogP contribution in [0, 0.1) is 0 Å². The Kier molecular flexibility index (Phi) is 2.62. The fraction of sp³-hybridized carbons (Fsp3) is 0.400. The van der Waals surface area contributed by atoms with Crippen LogP contribution >= 0.6 is 0 Å². The lowest BCUT2D eigenvalue weighted by Gasteiger charge is -2.34. The summed E-state index contributed by atoms with van der Waals surface area (Å²) in [6, 6.07) is 7.95. The van der Waals surface area contributed by atoms with E-state index in [1.807, 2.05) is 30.5 Å². The summed E-state index contributed by atoms with van der Waals surface area (Å²) in [5.41, 5.74) is 1.25. The Morgan fingerprint density at radius 1 is 1.17 bits per heavy atom. The normalized spacial score (nSPS) is 18.9. The van der Waals surface area contributed by atoms with Crippen LogP contribution in [0.2, 0.25) is 0 Å². The van der Waals surface area contributed by atoms with Crippen molar-refractivity contribution in [2.24, 2.45) is 0 Å². The number of hydrogen-bond donors (Lipinski definition) is 2. The molecule has 0 saturated heterocycles. The molecule has 2 aromatic rings. The van der Waals surface area contributed by atoms with E-state index in [-0.39, 0.29) is 0 Å². The molecule has 0 aliphatic heterocycles. The van der Waals surface area contributed by atoms with Crippen LogP contribution in [0.4, 0.5) is 0 Å². The molecule has 18 heavy (non-hydrogen) atoms. The first-order chi connectivity index (χ1) is 8.74. The summed E-state index contributed by atoms with van der Waals surface area (Å²) in [7, 11) is 0. The van der Waals surface area contributed by atoms with Crippen molar-refractivity contribution in [3.8, 4) is 0 Å². The highest BCUT2D eigenvalue weighted by molar-refractivity contribution is 5.91. The molecule has 1 aliphatic rings. The third-order valence-electron chi connectivity index (χ3n) is 4.22. The summed E-state index contributed by atoms with van der Waals surface area (Å²) in [6.45, 7) is 0. The Labute approximate surface area is 106 Å². The molecule has 0 amide bonds. The minimum atomic E-state index is -0.692. The SMILES string of the molecule is O=C(O)C1(c2cccc3cc[nH]c23)CCCCC1. The fourth-order valence-electron chi connectivity index (χ4n) is 3.24. The molecule has 1 fully saturated rings. The maximum Gasteiger partial charge on any atom is 0.314 e. The largest absolute Gasteiger partial charge is 0.481 e. The average Bonchev–Trinajstić information content (AvgIpc) is 2.87. The quantitative estimate of drug-likeness (QED) is 0.848. The lowest BCUT2D eigenvalue weighted by molar-refractivity contribution is -0.145. The van der Waals surface area contributed by atoms with Crippen molar-refractivity contribution in [1.82, 2.24) is 4.98 Å². The number of H-pyrrole nitrogens is 1. The summed E-state index contributed by atoms with van der Waals surface area (Å²) in [6.07, 6.45) is 6.54. The van der Waals surface area contributed by atoms with Crippen LogP contribution in [0.5, 0.6) is 0 Å². The Balaban J connectivity index is 2.20. The van der Waals surface area contributed by atoms with E-state index in [4.69, 9.17) is 0 Å². The van der Waals surface area contributed by atoms with Crippen molar-refractivity contribution in [3.63, 3.8) is 0 Å². The van der Waals surface area contributed by atoms with Gasteiger partial charge >= 0.3 is 5.97 Å². The topological polar surface area (TPSA) is 53.1 Å². The van der Waals surface area contributed by atoms with Crippen molar-refractivity contribution >= 4 is 16.9 Å². The third kappa shape index (κ3) is 1.54. The number of rotatable bonds is 2. The maximum absolute atomic E-state index is 11.8. The lowest BCUT2D eigenvalue weighted by atomic mass is 9.69. The summed E-state index contributed by atoms with van der Waals surface area (Å²) in [5, 5.41) is 10.8. The van der Waals surface area contributed by atoms with Gasteiger partial charge in [-0.3, -0.25) is 4.79 Å². The van der Waals surface area contributed by atoms with E-state index in [0.717, 1.165) is 48.6 Å². The number of aliphatic carboxylic acids is 1. The summed E-state index contributed by atoms with van der Waals surface area (Å²) in [4.78, 5) is 15.0. The maximum atomic E-state index is 11.8. The molecule has 0 radical (unpaired) electrons. The van der Waals surface area contributed by atoms with Gasteiger partial charge in [-0.25, -0.2) is 0 Å². The van der Waals surface area contributed by atoms with Crippen LogP contribution in [0.3, 0.4) is 0 Å². The van der Waals surface area contributed by atoms with Crippen molar-refractivity contribution in [3.05, 3.63) is 36.0 Å². The van der Waals surface area contributed by atoms with Gasteiger partial charge in [0.1, 0.15) is 0 Å². The Hall–Kier alpha value is -1.77. The van der Waals surface area contributed by atoms with Crippen LogP contribution < -0.4 is 0 Å². The number of carboxylic acids is 1. The molecule has 3 nitrogen and oxygen atoms in total. The molecule has 3 rings (SSSR count). The third-order valence-corrected chi connectivity index (χ3v) is 4.22. The number of fused-ring (bicyclic) bond motifs is 1. The molecular weight excluding hydrogens is 226 g/mol. The number of aromatic nitrogens is 1. The Morgan fingerprint density at radius 3 is 2.67 bits per heavy atom. The number of hydrogen-bond acceptors (Lipinski definition) is 1. The van der Waals surface area contributed by atoms with Crippen LogP contribution in [0.1, 0.15) is 37.7 Å². The van der Waals surface area contributed by atoms with Crippen LogP contribution in [0.25, 0.3) is 10.9 Å². The fourth-order valence-corrected chi connectivity index (χ4v) is 3.24. The summed E-state index contributed by atoms with van der Waals surface area (Å²) >= 11 is 0. The standard InChI is InChI=1S/C15H17NO2/c17-14(18)15(8-2-1-3-9-15)12-6-4-5-11-7-10-16-13(11)12/h4-7,10,16H,1-3,8-9H2,(H,17,18). The Morgan fingerprint density at radius 2 is 1.94 bits per heavy atom. The van der Waals surface area contributed by atoms with E-state index in [0.29, 0.717) is 0 Å². The van der Waals surface area contributed by atoms with Crippen molar-refractivity contribution < 1.29 is 9.90 Å². The van der Waals surface area contributed by atoms with Gasteiger partial charge in [0.2, 0.25) is 0 Å². The number of nitrogens with one attached hydrogen (secondary N) is 1. The molecule has 1 aromatic heterocycles. The summed E-state index contributed by atoms with van der Waals surface area (Å²) < 4.78 is 0. The molecule has 1 aromatic carbocycles. The predicted molar refractivity (Wildman–Crippen MR) is 70.7 cm³/mol. The molecule has 0 spiro atoms. The van der Waals surface area contributed by atoms with E-state index >= 15 is 0 Å². The lowest BCUT2D eigenvalue weighted by Crippen LogP contribution is -2.38. The molecule has 1 heterocycles. The van der Waals surface area contributed by atoms with Crippen LogP contribution in [-0.2, 0) is 10.2 Å². The van der Waals surface area contributed by atoms with Crippen LogP contribution in [-0.4, -0.2) is 16.1 Å². The van der Waals surface area contributed by atoms with Gasteiger partial charge in [-0.1, -0.05) is 37.5 Å². The number of aromatic amines is 1. The molecule has 0 atom stereocenters. The monoisotopic (exact) mass is 243 g/mol. The van der Waals surface area contributed by atoms with Crippen molar-refractivity contribution in [2.45, 2.75) is 37.5 Å². The van der Waals surface area contributed by atoms with Gasteiger partial charge in [-0.15, -0.1) is 0 Å². The van der Waals surface area contributed by atoms with E-state index in [9.17, 15) is 9.90 Å². The van der Waals surface area contributed by atoms with E-state index in [2.05, 4.69) is 4.98 Å². The highest BCUT2D eigenvalue weighted by Gasteiger charge is 2.42. The highest BCUT2D eigenvalue weighted by atomic mass is 16.4. The van der Waals surface area contributed by atoms with E-state index in [1.54, 1.807) is 0 Å². The number of para-hydroxylation sites is 1. The van der Waals surface area contributed by atoms with Gasteiger partial charge in [-0.05, 0) is 29.9 Å². The van der Waals surface area contributed by atoms with E-state index < -0.39 is 11.4 Å². The zero-order chi connectivity index (χ0) is 12.6. The minimum absolute atomic E-state index is 0.677. The smallest absolute Gasteiger partial charge is 0.314 e. The molecule has 1 saturated carbocycles. The van der Waals surface area contributed by atoms with E-state index in [1.165, 1.54) is 0 Å². The first-order valence-electron chi connectivity index (χ1n) is 6.54. The molecular formula is C15H17NO2. The number of benzene rings is 1. The molecule has 2 N–H and O–H groups in total. The van der Waals surface area contributed by atoms with Gasteiger partial charge in [0.25, 0.3) is 0 Å². The van der Waals surface area contributed by atoms with Gasteiger partial charge in [0.05, 0.1) is 5.41 Å².